The van der Waals surface area contributed by atoms with E-state index in [0.717, 1.165) is 82.7 Å². The van der Waals surface area contributed by atoms with Crippen molar-refractivity contribution in [3.05, 3.63) is 149 Å². The second kappa shape index (κ2) is 62.4. The summed E-state index contributed by atoms with van der Waals surface area (Å²) in [6.45, 7) is 38.1. The molecule has 9 rings (SSSR count). The van der Waals surface area contributed by atoms with E-state index in [1.165, 1.54) is 62.5 Å². The number of carboxylic acid groups (broad SMARTS) is 1. The summed E-state index contributed by atoms with van der Waals surface area (Å²) in [5, 5.41) is 69.4. The lowest BCUT2D eigenvalue weighted by molar-refractivity contribution is -0.176. The molecular weight excluding hydrogens is 1770 g/mol. The Kier molecular flexibility index (Phi) is 58.6. The van der Waals surface area contributed by atoms with Gasteiger partial charge in [-0.1, -0.05) is 119 Å². The Morgan fingerprint density at radius 2 is 0.654 bits per heavy atom. The van der Waals surface area contributed by atoms with Crippen LogP contribution in [0, 0.1) is 0 Å². The SMILES string of the molecule is C.C.C.CC(=O)NCC(=O)NCCCC1(C)OB(c2ccc(COC(C)=O)cc2)OC1(C)C.CC(=O)NCCCC1(C)OB(O)OC1(C)C.CC(=O)NCCCC1(C)OB(c2ccc(COC(C)=O)cc2)OC1(C)C.CC(=O)OCc1ccc(B2OC(C)(C)C(C)(CCCNC(=O)CN)O2)cc1.CC(=O)OCc1ccc(O)cc1.COCC(=O)OC(C)C(=O)O.OCc1ccc(O)cc1.OO. The van der Waals surface area contributed by atoms with E-state index in [9.17, 15) is 57.8 Å². The minimum Gasteiger partial charge on any atom is -0.508 e. The lowest BCUT2D eigenvalue weighted by Gasteiger charge is -2.36. The van der Waals surface area contributed by atoms with Crippen molar-refractivity contribution in [2.45, 2.75) is 296 Å². The van der Waals surface area contributed by atoms with E-state index < -0.39 is 91.5 Å². The number of hydrogen-bond donors (Lipinski definition) is 13. The molecule has 0 saturated carbocycles. The van der Waals surface area contributed by atoms with E-state index in [1.54, 1.807) is 48.5 Å². The van der Waals surface area contributed by atoms with Gasteiger partial charge in [0.25, 0.3) is 0 Å². The number of amides is 5. The fourth-order valence-electron chi connectivity index (χ4n) is 12.7. The summed E-state index contributed by atoms with van der Waals surface area (Å²) < 4.78 is 76.6. The van der Waals surface area contributed by atoms with E-state index >= 15 is 0 Å². The number of rotatable bonds is 35. The van der Waals surface area contributed by atoms with Gasteiger partial charge in [0, 0.05) is 81.8 Å². The van der Waals surface area contributed by atoms with Crippen molar-refractivity contribution in [1.82, 2.24) is 26.6 Å². The number of phenolic OH excluding ortho intramolecular Hbond substituents is 2. The number of methoxy groups -OCH3 is 1. The van der Waals surface area contributed by atoms with Crippen molar-refractivity contribution in [3.63, 3.8) is 0 Å². The van der Waals surface area contributed by atoms with Crippen LogP contribution in [0.15, 0.2) is 121 Å². The van der Waals surface area contributed by atoms with E-state index in [1.807, 2.05) is 149 Å². The van der Waals surface area contributed by atoms with Gasteiger partial charge in [-0.3, -0.25) is 53.7 Å². The monoisotopic (exact) mass is 1920 g/mol. The number of carbonyl (C=O) groups is 11. The molecule has 0 radical (unpaired) electrons. The second-order valence-corrected chi connectivity index (χ2v) is 34.1. The number of aliphatic hydroxyl groups is 1. The average Bonchev–Trinajstić information content (AvgIpc) is 1.62. The average molecular weight is 1920 g/mol. The van der Waals surface area contributed by atoms with Crippen LogP contribution in [-0.4, -0.2) is 234 Å². The first kappa shape index (κ1) is 128. The van der Waals surface area contributed by atoms with Crippen LogP contribution in [-0.2, 0) is 151 Å². The number of phenols is 2. The van der Waals surface area contributed by atoms with Crippen LogP contribution in [0.3, 0.4) is 0 Å². The van der Waals surface area contributed by atoms with Crippen molar-refractivity contribution in [2.24, 2.45) is 5.73 Å². The zero-order valence-corrected chi connectivity index (χ0v) is 80.5. The topological polar surface area (TPSA) is 545 Å². The lowest BCUT2D eigenvalue weighted by Crippen LogP contribution is -2.45. The quantitative estimate of drug-likeness (QED) is 0.00453. The molecule has 0 spiro atoms. The van der Waals surface area contributed by atoms with Gasteiger partial charge in [-0.25, -0.2) is 9.59 Å². The highest BCUT2D eigenvalue weighted by molar-refractivity contribution is 6.63. The van der Waals surface area contributed by atoms with E-state index in [0.29, 0.717) is 39.0 Å². The third kappa shape index (κ3) is 46.6. The van der Waals surface area contributed by atoms with Crippen LogP contribution in [0.1, 0.15) is 240 Å². The van der Waals surface area contributed by atoms with Gasteiger partial charge in [-0.15, -0.1) is 0 Å². The molecule has 0 aromatic heterocycles. The fraction of sp³-hybridized carbons (Fsp3) is 0.564. The molecule has 4 heterocycles. The van der Waals surface area contributed by atoms with Crippen LogP contribution in [0.25, 0.3) is 0 Å². The molecule has 14 N–H and O–H groups in total. The Balaban J connectivity index is 0. The molecule has 4 saturated heterocycles. The molecule has 4 aliphatic heterocycles. The molecule has 5 unspecified atom stereocenters. The molecule has 136 heavy (non-hydrogen) atoms. The van der Waals surface area contributed by atoms with Crippen molar-refractivity contribution in [1.29, 1.82) is 0 Å². The number of nitrogens with two attached hydrogens (primary N) is 1. The highest BCUT2D eigenvalue weighted by Gasteiger charge is 2.57. The van der Waals surface area contributed by atoms with Gasteiger partial charge in [0.2, 0.25) is 29.5 Å². The summed E-state index contributed by atoms with van der Waals surface area (Å²) in [6, 6.07) is 35.9. The molecule has 5 amide bonds. The van der Waals surface area contributed by atoms with E-state index in [-0.39, 0.29) is 140 Å². The standard InChI is InChI=1S/C21H31BN2O6.C19H29BN2O5.C19H28BNO5.C10H20BNO4.C9H10O3.C7H8O2.C6H10O5.3CH4.H2O2/c1-15(25)24-13-19(27)23-12-6-11-21(5)20(3,4)29-22(30-21)18-9-7-17(8-10-18)14-28-16(2)26;1-14(23)25-13-15-6-8-16(9-7-15)20-26-18(2,3)19(4,27-20)10-5-11-22-17(24)12-21;1-14(22)21-12-6-11-19(5)18(3,4)25-20(26-19)17-9-7-16(8-10-17)13-24-15(2)23;1-8(13)12-7-5-6-10(4)9(2,3)15-11(14)16-10;1-7(10)12-6-8-2-4-9(11)5-3-8;8-5-6-1-3-7(9)4-2-6;1-4(6(8)9)11-5(7)3-10-2;;;;1-2/h7-10H,6,11-14H2,1-5H3,(H,23,27)(H,24,25);6-9H,5,10-13,21H2,1-4H3,(H,22,24);7-10H,6,11-13H2,1-5H3,(H,21,22);14H,5-7H2,1-4H3,(H,12,13);2-5,11H,6H2,1H3;1-4,8-9H,5H2;4H,3H2,1-2H3,(H,8,9);3*1H4;1-2H. The minimum absolute atomic E-state index is 0. The zero-order chi connectivity index (χ0) is 101. The fourth-order valence-corrected chi connectivity index (χ4v) is 12.7. The molecule has 38 nitrogen and oxygen atoms in total. The van der Waals surface area contributed by atoms with Crippen LogP contribution >= 0.6 is 0 Å². The van der Waals surface area contributed by atoms with Gasteiger partial charge < -0.3 is 123 Å². The molecule has 760 valence electrons. The van der Waals surface area contributed by atoms with Crippen molar-refractivity contribution >= 4 is 110 Å². The Morgan fingerprint density at radius 3 is 0.904 bits per heavy atom. The summed E-state index contributed by atoms with van der Waals surface area (Å²) >= 11 is 0. The maximum atomic E-state index is 11.7. The van der Waals surface area contributed by atoms with Gasteiger partial charge >= 0.3 is 64.5 Å². The van der Waals surface area contributed by atoms with Crippen LogP contribution in [0.5, 0.6) is 11.5 Å². The molecule has 4 aliphatic rings. The summed E-state index contributed by atoms with van der Waals surface area (Å²) in [4.78, 5) is 119. The Morgan fingerprint density at radius 1 is 0.390 bits per heavy atom. The summed E-state index contributed by atoms with van der Waals surface area (Å²) in [5.74, 6) is -3.30. The summed E-state index contributed by atoms with van der Waals surface area (Å²) in [5.41, 5.74) is 8.44. The number of benzene rings is 5. The molecule has 5 aromatic rings. The molecule has 42 heteroatoms. The molecule has 4 fully saturated rings. The predicted molar refractivity (Wildman–Crippen MR) is 515 cm³/mol. The van der Waals surface area contributed by atoms with Gasteiger partial charge in [-0.2, -0.15) is 0 Å². The van der Waals surface area contributed by atoms with Crippen molar-refractivity contribution in [3.8, 4) is 11.5 Å². The number of aliphatic carboxylic acids is 1. The number of esters is 5. The predicted octanol–water partition coefficient (Wildman–Crippen LogP) is 8.27. The Hall–Kier alpha value is -10.4. The summed E-state index contributed by atoms with van der Waals surface area (Å²) in [7, 11) is -1.24. The van der Waals surface area contributed by atoms with Crippen LogP contribution in [0.2, 0.25) is 0 Å². The molecule has 5 atom stereocenters. The number of ether oxygens (including phenoxy) is 6. The number of nitrogens with one attached hydrogen (secondary N) is 5. The van der Waals surface area contributed by atoms with E-state index in [4.69, 9.17) is 92.9 Å². The van der Waals surface area contributed by atoms with Crippen LogP contribution < -0.4 is 48.7 Å². The van der Waals surface area contributed by atoms with Gasteiger partial charge in [0.15, 0.2) is 6.10 Å². The molecule has 0 bridgehead atoms. The first-order valence-corrected chi connectivity index (χ1v) is 43.3. The molecule has 5 aromatic carbocycles. The number of hydrogen-bond acceptors (Lipinski definition) is 32. The maximum absolute atomic E-state index is 11.7. The Bertz CT molecular complexity index is 4430. The molecule has 0 aliphatic carbocycles. The van der Waals surface area contributed by atoms with Crippen molar-refractivity contribution in [2.75, 3.05) is 53.0 Å². The third-order valence-electron chi connectivity index (χ3n) is 22.1. The van der Waals surface area contributed by atoms with Crippen LogP contribution in [0.4, 0.5) is 0 Å². The largest absolute Gasteiger partial charge is 0.637 e. The third-order valence-corrected chi connectivity index (χ3v) is 22.1. The number of carboxylic acids is 1. The Labute approximate surface area is 803 Å². The second-order valence-electron chi connectivity index (χ2n) is 34.1. The van der Waals surface area contributed by atoms with Crippen molar-refractivity contribution < 1.29 is 154 Å². The van der Waals surface area contributed by atoms with Gasteiger partial charge in [-0.05, 0) is 210 Å². The van der Waals surface area contributed by atoms with Gasteiger partial charge in [0.1, 0.15) is 44.5 Å². The zero-order valence-electron chi connectivity index (χ0n) is 80.5. The maximum Gasteiger partial charge on any atom is 0.637 e. The smallest absolute Gasteiger partial charge is 0.508 e. The lowest BCUT2D eigenvalue weighted by atomic mass is 9.79. The number of carbonyl (C=O) groups excluding carboxylic acids is 10. The highest BCUT2D eigenvalue weighted by atomic mass is 17.0. The first-order valence-electron chi connectivity index (χ1n) is 43.3. The van der Waals surface area contributed by atoms with E-state index in [2.05, 4.69) is 43.0 Å². The highest BCUT2D eigenvalue weighted by Crippen LogP contribution is 2.44. The normalized spacial score (nSPS) is 18.5. The summed E-state index contributed by atoms with van der Waals surface area (Å²) in [6.07, 6.45) is 4.91. The number of aromatic hydroxyl groups is 2. The number of aliphatic hydroxyl groups excluding tert-OH is 1. The minimum atomic E-state index is -1.17. The molecular formula is C94H150B4N6O32. The van der Waals surface area contributed by atoms with Gasteiger partial charge in [0.05, 0.1) is 64.5 Å². The first-order chi connectivity index (χ1) is 62.2.